The molecule has 0 spiro atoms. The van der Waals surface area contributed by atoms with Crippen LogP contribution in [0.2, 0.25) is 0 Å². The second-order valence-corrected chi connectivity index (χ2v) is 5.09. The summed E-state index contributed by atoms with van der Waals surface area (Å²) in [6.45, 7) is 1.51. The summed E-state index contributed by atoms with van der Waals surface area (Å²) in [5, 5.41) is 2.77. The van der Waals surface area contributed by atoms with Gasteiger partial charge in [0.05, 0.1) is 5.69 Å². The standard InChI is InChI=1S/C13H9BrF2N4/c1-7-4-9(16)10(5-8(7)15)18-12-13-17-2-3-20(13)6-11(14)19-12/h2-6H,1H3,(H,18,19). The number of rotatable bonds is 2. The number of imidazole rings is 1. The van der Waals surface area contributed by atoms with Crippen LogP contribution in [0, 0.1) is 18.6 Å². The molecule has 2 heterocycles. The van der Waals surface area contributed by atoms with E-state index in [-0.39, 0.29) is 11.3 Å². The van der Waals surface area contributed by atoms with E-state index in [9.17, 15) is 8.78 Å². The largest absolute Gasteiger partial charge is 0.335 e. The van der Waals surface area contributed by atoms with Gasteiger partial charge in [-0.1, -0.05) is 0 Å². The maximum atomic E-state index is 13.8. The summed E-state index contributed by atoms with van der Waals surface area (Å²) in [6.07, 6.45) is 5.05. The molecule has 0 unspecified atom stereocenters. The molecule has 0 aliphatic rings. The van der Waals surface area contributed by atoms with Crippen LogP contribution in [0.5, 0.6) is 0 Å². The summed E-state index contributed by atoms with van der Waals surface area (Å²) in [5.41, 5.74) is 0.790. The van der Waals surface area contributed by atoms with Crippen molar-refractivity contribution in [2.45, 2.75) is 6.92 Å². The third-order valence-corrected chi connectivity index (χ3v) is 3.23. The first-order valence-electron chi connectivity index (χ1n) is 5.76. The van der Waals surface area contributed by atoms with E-state index in [0.29, 0.717) is 16.1 Å². The van der Waals surface area contributed by atoms with Gasteiger partial charge in [-0.05, 0) is 34.5 Å². The smallest absolute Gasteiger partial charge is 0.180 e. The van der Waals surface area contributed by atoms with Crippen molar-refractivity contribution in [2.75, 3.05) is 5.32 Å². The number of aryl methyl sites for hydroxylation is 1. The second-order valence-electron chi connectivity index (χ2n) is 4.28. The fourth-order valence-electron chi connectivity index (χ4n) is 1.85. The van der Waals surface area contributed by atoms with Crippen LogP contribution < -0.4 is 5.32 Å². The Labute approximate surface area is 121 Å². The maximum absolute atomic E-state index is 13.8. The number of benzene rings is 1. The Morgan fingerprint density at radius 3 is 2.85 bits per heavy atom. The van der Waals surface area contributed by atoms with E-state index in [1.165, 1.54) is 6.92 Å². The Bertz CT molecular complexity index is 800. The lowest BCUT2D eigenvalue weighted by Crippen LogP contribution is -2.01. The fourth-order valence-corrected chi connectivity index (χ4v) is 2.25. The molecule has 4 nitrogen and oxygen atoms in total. The number of halogens is 3. The molecule has 3 aromatic rings. The summed E-state index contributed by atoms with van der Waals surface area (Å²) in [5.74, 6) is -0.690. The topological polar surface area (TPSA) is 42.2 Å². The molecule has 0 aliphatic heterocycles. The molecule has 0 bridgehead atoms. The van der Waals surface area contributed by atoms with Crippen molar-refractivity contribution in [3.8, 4) is 0 Å². The molecule has 0 radical (unpaired) electrons. The van der Waals surface area contributed by atoms with Crippen molar-refractivity contribution in [2.24, 2.45) is 0 Å². The average Bonchev–Trinajstić information content (AvgIpc) is 2.84. The molecule has 0 fully saturated rings. The highest BCUT2D eigenvalue weighted by Crippen LogP contribution is 2.25. The zero-order chi connectivity index (χ0) is 14.3. The van der Waals surface area contributed by atoms with Crippen molar-refractivity contribution in [3.05, 3.63) is 52.5 Å². The van der Waals surface area contributed by atoms with Gasteiger partial charge < -0.3 is 9.72 Å². The van der Waals surface area contributed by atoms with Gasteiger partial charge in [0, 0.05) is 24.7 Å². The van der Waals surface area contributed by atoms with Gasteiger partial charge in [-0.25, -0.2) is 18.7 Å². The minimum atomic E-state index is -0.546. The number of hydrogen-bond acceptors (Lipinski definition) is 3. The first-order chi connectivity index (χ1) is 9.54. The molecule has 1 N–H and O–H groups in total. The maximum Gasteiger partial charge on any atom is 0.180 e. The first kappa shape index (κ1) is 13.0. The molecule has 3 rings (SSSR count). The van der Waals surface area contributed by atoms with Crippen LogP contribution in [0.1, 0.15) is 5.56 Å². The van der Waals surface area contributed by atoms with Crippen molar-refractivity contribution >= 4 is 33.1 Å². The zero-order valence-electron chi connectivity index (χ0n) is 10.4. The molecule has 0 saturated heterocycles. The Hall–Kier alpha value is -2.02. The number of anilines is 2. The van der Waals surface area contributed by atoms with Crippen LogP contribution >= 0.6 is 15.9 Å². The fraction of sp³-hybridized carbons (Fsp3) is 0.0769. The SMILES string of the molecule is Cc1cc(F)c(Nc2nc(Br)cn3ccnc23)cc1F. The minimum absolute atomic E-state index is 0.0172. The number of nitrogens with zero attached hydrogens (tertiary/aromatic N) is 3. The second kappa shape index (κ2) is 4.82. The van der Waals surface area contributed by atoms with E-state index in [0.717, 1.165) is 12.1 Å². The van der Waals surface area contributed by atoms with Gasteiger partial charge in [0.1, 0.15) is 16.2 Å². The molecule has 1 aromatic carbocycles. The highest BCUT2D eigenvalue weighted by atomic mass is 79.9. The summed E-state index contributed by atoms with van der Waals surface area (Å²) >= 11 is 3.26. The Kier molecular flexibility index (Phi) is 3.13. The molecule has 20 heavy (non-hydrogen) atoms. The number of fused-ring (bicyclic) bond motifs is 1. The van der Waals surface area contributed by atoms with Crippen LogP contribution in [-0.2, 0) is 0 Å². The zero-order valence-corrected chi connectivity index (χ0v) is 11.9. The van der Waals surface area contributed by atoms with Crippen LogP contribution in [0.4, 0.5) is 20.3 Å². The van der Waals surface area contributed by atoms with E-state index < -0.39 is 11.6 Å². The van der Waals surface area contributed by atoms with Gasteiger partial charge in [-0.3, -0.25) is 0 Å². The van der Waals surface area contributed by atoms with Gasteiger partial charge in [0.25, 0.3) is 0 Å². The van der Waals surface area contributed by atoms with Crippen molar-refractivity contribution in [1.82, 2.24) is 14.4 Å². The highest BCUT2D eigenvalue weighted by molar-refractivity contribution is 9.10. The lowest BCUT2D eigenvalue weighted by molar-refractivity contribution is 0.595. The normalized spacial score (nSPS) is 11.0. The van der Waals surface area contributed by atoms with E-state index in [1.54, 1.807) is 23.0 Å². The van der Waals surface area contributed by atoms with Gasteiger partial charge in [0.2, 0.25) is 0 Å². The molecule has 0 amide bonds. The van der Waals surface area contributed by atoms with Gasteiger partial charge in [-0.15, -0.1) is 0 Å². The predicted octanol–water partition coefficient (Wildman–Crippen LogP) is 3.82. The van der Waals surface area contributed by atoms with E-state index in [1.807, 2.05) is 0 Å². The molecule has 102 valence electrons. The quantitative estimate of drug-likeness (QED) is 0.772. The van der Waals surface area contributed by atoms with Crippen LogP contribution in [-0.4, -0.2) is 14.4 Å². The lowest BCUT2D eigenvalue weighted by atomic mass is 10.2. The summed E-state index contributed by atoms with van der Waals surface area (Å²) in [7, 11) is 0. The highest BCUT2D eigenvalue weighted by Gasteiger charge is 2.11. The predicted molar refractivity (Wildman–Crippen MR) is 75.1 cm³/mol. The third kappa shape index (κ3) is 2.24. The van der Waals surface area contributed by atoms with Gasteiger partial charge in [0.15, 0.2) is 11.5 Å². The average molecular weight is 339 g/mol. The van der Waals surface area contributed by atoms with E-state index in [2.05, 4.69) is 31.2 Å². The summed E-state index contributed by atoms with van der Waals surface area (Å²) < 4.78 is 29.7. The van der Waals surface area contributed by atoms with E-state index in [4.69, 9.17) is 0 Å². The van der Waals surface area contributed by atoms with Crippen molar-refractivity contribution < 1.29 is 8.78 Å². The van der Waals surface area contributed by atoms with E-state index >= 15 is 0 Å². The number of aromatic nitrogens is 3. The molecule has 0 aliphatic carbocycles. The molecule has 0 saturated carbocycles. The van der Waals surface area contributed by atoms with Crippen molar-refractivity contribution in [3.63, 3.8) is 0 Å². The Morgan fingerprint density at radius 2 is 2.05 bits per heavy atom. The van der Waals surface area contributed by atoms with Crippen LogP contribution in [0.15, 0.2) is 35.3 Å². The molecular weight excluding hydrogens is 330 g/mol. The van der Waals surface area contributed by atoms with Gasteiger partial charge >= 0.3 is 0 Å². The van der Waals surface area contributed by atoms with Crippen molar-refractivity contribution in [1.29, 1.82) is 0 Å². The van der Waals surface area contributed by atoms with Gasteiger partial charge in [-0.2, -0.15) is 0 Å². The van der Waals surface area contributed by atoms with Crippen LogP contribution in [0.25, 0.3) is 5.65 Å². The Balaban J connectivity index is 2.09. The van der Waals surface area contributed by atoms with Crippen LogP contribution in [0.3, 0.4) is 0 Å². The molecule has 2 aromatic heterocycles. The lowest BCUT2D eigenvalue weighted by Gasteiger charge is -2.09. The monoisotopic (exact) mass is 338 g/mol. The number of hydrogen-bond donors (Lipinski definition) is 1. The third-order valence-electron chi connectivity index (χ3n) is 2.85. The molecule has 7 heteroatoms. The Morgan fingerprint density at radius 1 is 1.25 bits per heavy atom. The summed E-state index contributed by atoms with van der Waals surface area (Å²) in [4.78, 5) is 8.32. The first-order valence-corrected chi connectivity index (χ1v) is 6.56. The minimum Gasteiger partial charge on any atom is -0.335 e. The summed E-state index contributed by atoms with van der Waals surface area (Å²) in [6, 6.07) is 2.24. The molecular formula is C13H9BrF2N4. The number of nitrogens with one attached hydrogen (secondary N) is 1. The molecule has 0 atom stereocenters.